The maximum absolute atomic E-state index is 12.5. The first-order valence-electron chi connectivity index (χ1n) is 9.88. The van der Waals surface area contributed by atoms with Crippen LogP contribution in [0.3, 0.4) is 0 Å². The summed E-state index contributed by atoms with van der Waals surface area (Å²) >= 11 is 3.42. The summed E-state index contributed by atoms with van der Waals surface area (Å²) in [6, 6.07) is 14.4. The lowest BCUT2D eigenvalue weighted by Crippen LogP contribution is -2.45. The van der Waals surface area contributed by atoms with Crippen molar-refractivity contribution in [3.05, 3.63) is 75.4 Å². The minimum atomic E-state index is -0.571. The number of nitrogens with one attached hydrogen (secondary N) is 2. The first kappa shape index (κ1) is 21.9. The van der Waals surface area contributed by atoms with Crippen LogP contribution in [0.1, 0.15) is 43.4 Å². The number of esters is 1. The number of allylic oxidation sites excluding steroid dienone is 1. The van der Waals surface area contributed by atoms with Crippen LogP contribution in [0.2, 0.25) is 0 Å². The van der Waals surface area contributed by atoms with E-state index in [2.05, 4.69) is 33.5 Å². The van der Waals surface area contributed by atoms with E-state index >= 15 is 0 Å². The van der Waals surface area contributed by atoms with Gasteiger partial charge in [0.15, 0.2) is 0 Å². The summed E-state index contributed by atoms with van der Waals surface area (Å²) in [5.41, 5.74) is 2.90. The molecule has 2 N–H and O–H groups in total. The lowest BCUT2D eigenvalue weighted by molar-refractivity contribution is -0.136. The van der Waals surface area contributed by atoms with Crippen molar-refractivity contribution < 1.29 is 19.1 Å². The Morgan fingerprint density at radius 3 is 2.43 bits per heavy atom. The number of urea groups is 1. The quantitative estimate of drug-likeness (QED) is 0.530. The van der Waals surface area contributed by atoms with Crippen molar-refractivity contribution in [2.75, 3.05) is 7.11 Å². The molecule has 0 saturated heterocycles. The molecule has 0 saturated carbocycles. The molecule has 0 aromatic heterocycles. The van der Waals surface area contributed by atoms with Crippen molar-refractivity contribution in [1.82, 2.24) is 10.6 Å². The minimum Gasteiger partial charge on any atom is -0.489 e. The smallest absolute Gasteiger partial charge is 0.337 e. The number of amides is 2. The monoisotopic (exact) mass is 472 g/mol. The highest BCUT2D eigenvalue weighted by atomic mass is 79.9. The Hall–Kier alpha value is -2.80. The van der Waals surface area contributed by atoms with E-state index < -0.39 is 12.0 Å². The van der Waals surface area contributed by atoms with Crippen molar-refractivity contribution in [1.29, 1.82) is 0 Å². The van der Waals surface area contributed by atoms with Gasteiger partial charge in [0.2, 0.25) is 0 Å². The lowest BCUT2D eigenvalue weighted by atomic mass is 9.93. The van der Waals surface area contributed by atoms with Crippen LogP contribution in [0.4, 0.5) is 4.79 Å². The SMILES string of the molecule is CCCCC1=C(C(=O)OC)C(c2ccc(OCc3ccc(Br)cc3)cc2)NC(=O)N1. The lowest BCUT2D eigenvalue weighted by Gasteiger charge is -2.29. The number of carbonyl (C=O) groups is 2. The van der Waals surface area contributed by atoms with E-state index in [0.717, 1.165) is 28.4 Å². The number of rotatable bonds is 8. The number of unbranched alkanes of at least 4 members (excludes halogenated alkanes) is 1. The average molecular weight is 473 g/mol. The maximum atomic E-state index is 12.5. The van der Waals surface area contributed by atoms with E-state index in [1.54, 1.807) is 0 Å². The summed E-state index contributed by atoms with van der Waals surface area (Å²) in [6.07, 6.45) is 2.43. The molecule has 158 valence electrons. The molecule has 6 nitrogen and oxygen atoms in total. The van der Waals surface area contributed by atoms with Crippen LogP contribution < -0.4 is 15.4 Å². The predicted molar refractivity (Wildman–Crippen MR) is 118 cm³/mol. The predicted octanol–water partition coefficient (Wildman–Crippen LogP) is 5.00. The third-order valence-corrected chi connectivity index (χ3v) is 5.40. The van der Waals surface area contributed by atoms with Gasteiger partial charge < -0.3 is 20.1 Å². The summed E-state index contributed by atoms with van der Waals surface area (Å²) in [5.74, 6) is 0.255. The van der Waals surface area contributed by atoms with Gasteiger partial charge in [-0.25, -0.2) is 9.59 Å². The Labute approximate surface area is 184 Å². The van der Waals surface area contributed by atoms with Gasteiger partial charge in [-0.05, 0) is 48.2 Å². The van der Waals surface area contributed by atoms with Gasteiger partial charge in [-0.1, -0.05) is 53.5 Å². The number of hydrogen-bond donors (Lipinski definition) is 2. The third-order valence-electron chi connectivity index (χ3n) is 4.87. The first-order chi connectivity index (χ1) is 14.5. The largest absolute Gasteiger partial charge is 0.489 e. The van der Waals surface area contributed by atoms with Gasteiger partial charge in [0.25, 0.3) is 0 Å². The van der Waals surface area contributed by atoms with Crippen LogP contribution in [0.15, 0.2) is 64.3 Å². The summed E-state index contributed by atoms with van der Waals surface area (Å²) in [7, 11) is 1.35. The van der Waals surface area contributed by atoms with Gasteiger partial charge in [0.05, 0.1) is 18.7 Å². The fourth-order valence-electron chi connectivity index (χ4n) is 3.27. The summed E-state index contributed by atoms with van der Waals surface area (Å²) < 4.78 is 11.9. The summed E-state index contributed by atoms with van der Waals surface area (Å²) in [5, 5.41) is 5.60. The number of carbonyl (C=O) groups excluding carboxylic acids is 2. The van der Waals surface area contributed by atoms with Gasteiger partial charge in [-0.2, -0.15) is 0 Å². The molecule has 0 fully saturated rings. The van der Waals surface area contributed by atoms with Crippen molar-refractivity contribution in [2.24, 2.45) is 0 Å². The van der Waals surface area contributed by atoms with E-state index in [4.69, 9.17) is 9.47 Å². The molecule has 2 amide bonds. The highest BCUT2D eigenvalue weighted by Gasteiger charge is 2.33. The van der Waals surface area contributed by atoms with Crippen molar-refractivity contribution in [2.45, 2.75) is 38.8 Å². The fraction of sp³-hybridized carbons (Fsp3) is 0.304. The van der Waals surface area contributed by atoms with Crippen LogP contribution in [-0.4, -0.2) is 19.1 Å². The zero-order valence-electron chi connectivity index (χ0n) is 17.0. The van der Waals surface area contributed by atoms with E-state index in [1.165, 1.54) is 7.11 Å². The van der Waals surface area contributed by atoms with Gasteiger partial charge in [-0.3, -0.25) is 0 Å². The highest BCUT2D eigenvalue weighted by Crippen LogP contribution is 2.30. The Kier molecular flexibility index (Phi) is 7.52. The first-order valence-corrected chi connectivity index (χ1v) is 10.7. The molecule has 0 spiro atoms. The Balaban J connectivity index is 1.79. The third kappa shape index (κ3) is 5.42. The molecule has 7 heteroatoms. The van der Waals surface area contributed by atoms with Crippen LogP contribution in [0, 0.1) is 0 Å². The molecule has 1 unspecified atom stereocenters. The van der Waals surface area contributed by atoms with Gasteiger partial charge in [-0.15, -0.1) is 0 Å². The molecule has 3 rings (SSSR count). The van der Waals surface area contributed by atoms with Crippen molar-refractivity contribution in [3.8, 4) is 5.75 Å². The molecule has 1 heterocycles. The Morgan fingerprint density at radius 2 is 1.80 bits per heavy atom. The number of methoxy groups -OCH3 is 1. The van der Waals surface area contributed by atoms with E-state index in [-0.39, 0.29) is 6.03 Å². The molecular formula is C23H25BrN2O4. The number of hydrogen-bond acceptors (Lipinski definition) is 4. The molecular weight excluding hydrogens is 448 g/mol. The summed E-state index contributed by atoms with van der Waals surface area (Å²) in [6.45, 7) is 2.51. The maximum Gasteiger partial charge on any atom is 0.337 e. The summed E-state index contributed by atoms with van der Waals surface area (Å²) in [4.78, 5) is 24.7. The molecule has 1 atom stereocenters. The number of halogens is 1. The molecule has 2 aromatic rings. The van der Waals surface area contributed by atoms with Crippen LogP contribution in [-0.2, 0) is 16.1 Å². The van der Waals surface area contributed by atoms with Crippen molar-refractivity contribution >= 4 is 27.9 Å². The van der Waals surface area contributed by atoms with Crippen LogP contribution in [0.25, 0.3) is 0 Å². The molecule has 0 radical (unpaired) electrons. The average Bonchev–Trinajstić information content (AvgIpc) is 2.76. The van der Waals surface area contributed by atoms with Gasteiger partial charge in [0.1, 0.15) is 12.4 Å². The molecule has 2 aromatic carbocycles. The second-order valence-corrected chi connectivity index (χ2v) is 7.92. The number of ether oxygens (including phenoxy) is 2. The zero-order valence-corrected chi connectivity index (χ0v) is 18.6. The standard InChI is InChI=1S/C23H25BrN2O4/c1-3-4-5-19-20(22(27)29-2)21(26-23(28)25-19)16-8-12-18(13-9-16)30-14-15-6-10-17(24)11-7-15/h6-13,21H,3-5,14H2,1-2H3,(H2,25,26,28). The van der Waals surface area contributed by atoms with Crippen LogP contribution in [0.5, 0.6) is 5.75 Å². The Bertz CT molecular complexity index is 923. The van der Waals surface area contributed by atoms with E-state index in [9.17, 15) is 9.59 Å². The minimum absolute atomic E-state index is 0.325. The van der Waals surface area contributed by atoms with Gasteiger partial charge >= 0.3 is 12.0 Å². The molecule has 1 aliphatic rings. The van der Waals surface area contributed by atoms with Gasteiger partial charge in [0, 0.05) is 10.2 Å². The second kappa shape index (κ2) is 10.3. The normalized spacial score (nSPS) is 16.0. The zero-order chi connectivity index (χ0) is 21.5. The molecule has 30 heavy (non-hydrogen) atoms. The van der Waals surface area contributed by atoms with Crippen molar-refractivity contribution in [3.63, 3.8) is 0 Å². The van der Waals surface area contributed by atoms with E-state index in [0.29, 0.717) is 30.0 Å². The Morgan fingerprint density at radius 1 is 1.10 bits per heavy atom. The highest BCUT2D eigenvalue weighted by molar-refractivity contribution is 9.10. The fourth-order valence-corrected chi connectivity index (χ4v) is 3.54. The van der Waals surface area contributed by atoms with E-state index in [1.807, 2.05) is 48.5 Å². The second-order valence-electron chi connectivity index (χ2n) is 7.00. The topological polar surface area (TPSA) is 76.7 Å². The molecule has 0 aliphatic carbocycles. The molecule has 0 bridgehead atoms. The molecule has 1 aliphatic heterocycles. The number of benzene rings is 2. The van der Waals surface area contributed by atoms with Crippen LogP contribution >= 0.6 is 15.9 Å².